The maximum absolute atomic E-state index is 12.8. The van der Waals surface area contributed by atoms with Gasteiger partial charge in [0.2, 0.25) is 5.91 Å². The van der Waals surface area contributed by atoms with Gasteiger partial charge in [0.1, 0.15) is 11.6 Å². The predicted molar refractivity (Wildman–Crippen MR) is 69.5 cm³/mol. The number of carbonyl (C=O) groups is 1. The third kappa shape index (κ3) is 3.51. The third-order valence-corrected chi connectivity index (χ3v) is 2.57. The fourth-order valence-corrected chi connectivity index (χ4v) is 1.63. The molecule has 0 saturated heterocycles. The van der Waals surface area contributed by atoms with E-state index in [2.05, 4.69) is 5.32 Å². The van der Waals surface area contributed by atoms with Crippen molar-refractivity contribution in [2.75, 3.05) is 11.1 Å². The van der Waals surface area contributed by atoms with E-state index >= 15 is 0 Å². The first-order chi connectivity index (χ1) is 9.04. The Balaban J connectivity index is 2.03. The average molecular weight is 262 g/mol. The topological polar surface area (TPSA) is 55.1 Å². The molecule has 0 aliphatic heterocycles. The zero-order valence-corrected chi connectivity index (χ0v) is 9.99. The van der Waals surface area contributed by atoms with E-state index in [9.17, 15) is 13.6 Å². The van der Waals surface area contributed by atoms with Crippen LogP contribution in [-0.4, -0.2) is 5.91 Å². The number of amides is 1. The summed E-state index contributed by atoms with van der Waals surface area (Å²) in [5.74, 6) is -1.12. The van der Waals surface area contributed by atoms with Crippen LogP contribution in [0, 0.1) is 11.6 Å². The van der Waals surface area contributed by atoms with Crippen LogP contribution in [0.15, 0.2) is 42.5 Å². The van der Waals surface area contributed by atoms with Gasteiger partial charge in [0.25, 0.3) is 0 Å². The molecule has 2 aromatic carbocycles. The summed E-state index contributed by atoms with van der Waals surface area (Å²) in [6.45, 7) is 0. The molecule has 0 aliphatic carbocycles. The fourth-order valence-electron chi connectivity index (χ4n) is 1.63. The first kappa shape index (κ1) is 13.0. The number of nitrogens with two attached hydrogens (primary N) is 1. The predicted octanol–water partition coefficient (Wildman–Crippen LogP) is 2.73. The van der Waals surface area contributed by atoms with Crippen molar-refractivity contribution in [1.29, 1.82) is 0 Å². The Kier molecular flexibility index (Phi) is 3.75. The lowest BCUT2D eigenvalue weighted by atomic mass is 10.1. The molecule has 0 unspecified atom stereocenters. The lowest BCUT2D eigenvalue weighted by Gasteiger charge is -2.08. The van der Waals surface area contributed by atoms with E-state index in [0.717, 1.165) is 6.07 Å². The second kappa shape index (κ2) is 5.48. The van der Waals surface area contributed by atoms with Crippen LogP contribution >= 0.6 is 0 Å². The summed E-state index contributed by atoms with van der Waals surface area (Å²) < 4.78 is 25.6. The zero-order chi connectivity index (χ0) is 13.8. The van der Waals surface area contributed by atoms with Gasteiger partial charge in [-0.1, -0.05) is 12.1 Å². The molecule has 0 saturated carbocycles. The van der Waals surface area contributed by atoms with Gasteiger partial charge in [0.15, 0.2) is 0 Å². The number of hydrogen-bond donors (Lipinski definition) is 2. The van der Waals surface area contributed by atoms with E-state index in [-0.39, 0.29) is 23.8 Å². The van der Waals surface area contributed by atoms with E-state index in [1.165, 1.54) is 36.4 Å². The number of nitrogens with one attached hydrogen (secondary N) is 1. The number of rotatable bonds is 3. The Morgan fingerprint density at radius 1 is 1.05 bits per heavy atom. The van der Waals surface area contributed by atoms with Crippen molar-refractivity contribution in [3.8, 4) is 0 Å². The van der Waals surface area contributed by atoms with Gasteiger partial charge in [0, 0.05) is 0 Å². The Morgan fingerprint density at radius 2 is 1.68 bits per heavy atom. The van der Waals surface area contributed by atoms with Crippen LogP contribution in [0.2, 0.25) is 0 Å². The Hall–Kier alpha value is -2.43. The number of halogens is 2. The third-order valence-electron chi connectivity index (χ3n) is 2.57. The minimum atomic E-state index is -0.464. The molecule has 5 heteroatoms. The molecule has 0 heterocycles. The summed E-state index contributed by atoms with van der Waals surface area (Å²) in [4.78, 5) is 11.7. The van der Waals surface area contributed by atoms with Gasteiger partial charge in [-0.15, -0.1) is 0 Å². The van der Waals surface area contributed by atoms with Crippen LogP contribution in [0.5, 0.6) is 0 Å². The van der Waals surface area contributed by atoms with Gasteiger partial charge < -0.3 is 11.1 Å². The minimum absolute atomic E-state index is 0.0943. The summed E-state index contributed by atoms with van der Waals surface area (Å²) in [5, 5.41) is 2.58. The number of benzene rings is 2. The Morgan fingerprint density at radius 3 is 2.32 bits per heavy atom. The van der Waals surface area contributed by atoms with Gasteiger partial charge in [0.05, 0.1) is 17.8 Å². The smallest absolute Gasteiger partial charge is 0.228 e. The van der Waals surface area contributed by atoms with E-state index in [1.54, 1.807) is 0 Å². The molecule has 0 bridgehead atoms. The van der Waals surface area contributed by atoms with Crippen LogP contribution < -0.4 is 11.1 Å². The molecular weight excluding hydrogens is 250 g/mol. The van der Waals surface area contributed by atoms with Crippen LogP contribution in [0.3, 0.4) is 0 Å². The van der Waals surface area contributed by atoms with Gasteiger partial charge >= 0.3 is 0 Å². The molecule has 0 spiro atoms. The quantitative estimate of drug-likeness (QED) is 0.836. The summed E-state index contributed by atoms with van der Waals surface area (Å²) in [5.41, 5.74) is 6.77. The molecule has 0 aromatic heterocycles. The van der Waals surface area contributed by atoms with E-state index < -0.39 is 5.82 Å². The number of carbonyl (C=O) groups excluding carboxylic acids is 1. The molecule has 0 fully saturated rings. The molecule has 98 valence electrons. The standard InChI is InChI=1S/C14H12F2N2O/c15-10-3-1-9(2-4-10)7-14(19)18-13-6-5-11(16)8-12(13)17/h1-6,8H,7,17H2,(H,18,19). The lowest BCUT2D eigenvalue weighted by molar-refractivity contribution is -0.115. The van der Waals surface area contributed by atoms with Crippen molar-refractivity contribution >= 4 is 17.3 Å². The van der Waals surface area contributed by atoms with Crippen molar-refractivity contribution in [2.45, 2.75) is 6.42 Å². The monoisotopic (exact) mass is 262 g/mol. The second-order valence-corrected chi connectivity index (χ2v) is 4.08. The number of nitrogen functional groups attached to an aromatic ring is 1. The highest BCUT2D eigenvalue weighted by atomic mass is 19.1. The molecule has 2 aromatic rings. The lowest BCUT2D eigenvalue weighted by Crippen LogP contribution is -2.15. The van der Waals surface area contributed by atoms with E-state index in [4.69, 9.17) is 5.73 Å². The molecule has 0 atom stereocenters. The summed E-state index contributed by atoms with van der Waals surface area (Å²) >= 11 is 0. The summed E-state index contributed by atoms with van der Waals surface area (Å²) in [6.07, 6.45) is 0.0943. The number of anilines is 2. The highest BCUT2D eigenvalue weighted by Gasteiger charge is 2.07. The zero-order valence-electron chi connectivity index (χ0n) is 9.99. The minimum Gasteiger partial charge on any atom is -0.397 e. The van der Waals surface area contributed by atoms with Crippen molar-refractivity contribution < 1.29 is 13.6 Å². The number of hydrogen-bond acceptors (Lipinski definition) is 2. The highest BCUT2D eigenvalue weighted by Crippen LogP contribution is 2.19. The first-order valence-electron chi connectivity index (χ1n) is 5.64. The normalized spacial score (nSPS) is 10.2. The van der Waals surface area contributed by atoms with Crippen molar-refractivity contribution in [3.05, 3.63) is 59.7 Å². The van der Waals surface area contributed by atoms with Crippen LogP contribution in [-0.2, 0) is 11.2 Å². The second-order valence-electron chi connectivity index (χ2n) is 4.08. The fraction of sp³-hybridized carbons (Fsp3) is 0.0714. The van der Waals surface area contributed by atoms with Crippen LogP contribution in [0.1, 0.15) is 5.56 Å². The van der Waals surface area contributed by atoms with Gasteiger partial charge in [-0.05, 0) is 35.9 Å². The molecule has 3 nitrogen and oxygen atoms in total. The molecule has 19 heavy (non-hydrogen) atoms. The van der Waals surface area contributed by atoms with Gasteiger partial charge in [-0.25, -0.2) is 8.78 Å². The van der Waals surface area contributed by atoms with E-state index in [0.29, 0.717) is 11.3 Å². The molecule has 0 aliphatic rings. The summed E-state index contributed by atoms with van der Waals surface area (Å²) in [7, 11) is 0. The average Bonchev–Trinajstić information content (AvgIpc) is 2.36. The largest absolute Gasteiger partial charge is 0.397 e. The van der Waals surface area contributed by atoms with Gasteiger partial charge in [-0.3, -0.25) is 4.79 Å². The van der Waals surface area contributed by atoms with Crippen LogP contribution in [0.4, 0.5) is 20.2 Å². The highest BCUT2D eigenvalue weighted by molar-refractivity contribution is 5.95. The maximum Gasteiger partial charge on any atom is 0.228 e. The van der Waals surface area contributed by atoms with Crippen molar-refractivity contribution in [3.63, 3.8) is 0 Å². The van der Waals surface area contributed by atoms with Crippen LogP contribution in [0.25, 0.3) is 0 Å². The maximum atomic E-state index is 12.8. The molecule has 3 N–H and O–H groups in total. The SMILES string of the molecule is Nc1cc(F)ccc1NC(=O)Cc1ccc(F)cc1. The molecule has 2 rings (SSSR count). The molecule has 0 radical (unpaired) electrons. The Bertz CT molecular complexity index is 597. The Labute approximate surface area is 109 Å². The molecule has 1 amide bonds. The summed E-state index contributed by atoms with van der Waals surface area (Å²) in [6, 6.07) is 9.38. The van der Waals surface area contributed by atoms with E-state index in [1.807, 2.05) is 0 Å². The first-order valence-corrected chi connectivity index (χ1v) is 5.64. The van der Waals surface area contributed by atoms with Crippen molar-refractivity contribution in [2.24, 2.45) is 0 Å². The van der Waals surface area contributed by atoms with Crippen molar-refractivity contribution in [1.82, 2.24) is 0 Å². The van der Waals surface area contributed by atoms with Gasteiger partial charge in [-0.2, -0.15) is 0 Å². The molecular formula is C14H12F2N2O.